The van der Waals surface area contributed by atoms with Gasteiger partial charge in [-0.3, -0.25) is 9.69 Å². The first-order valence-electron chi connectivity index (χ1n) is 15.1. The summed E-state index contributed by atoms with van der Waals surface area (Å²) in [5.74, 6) is 1.11. The summed E-state index contributed by atoms with van der Waals surface area (Å²) in [6, 6.07) is 20.1. The topological polar surface area (TPSA) is 90.9 Å². The quantitative estimate of drug-likeness (QED) is 0.175. The summed E-state index contributed by atoms with van der Waals surface area (Å²) in [5.41, 5.74) is 4.93. The predicted octanol–water partition coefficient (Wildman–Crippen LogP) is 7.42. The third kappa shape index (κ3) is 9.03. The summed E-state index contributed by atoms with van der Waals surface area (Å²) in [7, 11) is 1.82. The molecule has 3 aromatic carbocycles. The van der Waals surface area contributed by atoms with Gasteiger partial charge < -0.3 is 19.9 Å². The van der Waals surface area contributed by atoms with Crippen LogP contribution in [0.4, 0.5) is 22.2 Å². The van der Waals surface area contributed by atoms with Crippen molar-refractivity contribution in [2.75, 3.05) is 43.4 Å². The molecule has 9 nitrogen and oxygen atoms in total. The van der Waals surface area contributed by atoms with Crippen molar-refractivity contribution < 1.29 is 14.3 Å². The Morgan fingerprint density at radius 2 is 1.60 bits per heavy atom. The van der Waals surface area contributed by atoms with Crippen LogP contribution in [0.3, 0.4) is 0 Å². The number of carbonyl (C=O) groups excluding carboxylic acids is 2. The Labute approximate surface area is 270 Å². The molecule has 2 amide bonds. The van der Waals surface area contributed by atoms with Gasteiger partial charge in [0.2, 0.25) is 5.95 Å². The standard InChI is InChI=1S/C35H41ClN6O3/c1-7-41(8-2)19-18-40(6)33(43)28-12-14-30(15-13-28)38-34-37-17-16-31(39-34)42(23-27-10-9-11-29(36)22-27)35(44)45-32-25(4)20-24(3)21-26(32)5/h9-17,20-22H,7-8,18-19,23H2,1-6H3,(H,37,38,39). The molecule has 236 valence electrons. The van der Waals surface area contributed by atoms with Crippen LogP contribution in [0.25, 0.3) is 0 Å². The van der Waals surface area contributed by atoms with Gasteiger partial charge in [-0.25, -0.2) is 9.78 Å². The second kappa shape index (κ2) is 15.5. The van der Waals surface area contributed by atoms with E-state index in [-0.39, 0.29) is 18.4 Å². The summed E-state index contributed by atoms with van der Waals surface area (Å²) in [4.78, 5) is 41.1. The largest absolute Gasteiger partial charge is 0.421 e. The van der Waals surface area contributed by atoms with Crippen LogP contribution in [0.2, 0.25) is 5.02 Å². The van der Waals surface area contributed by atoms with E-state index in [4.69, 9.17) is 16.3 Å². The van der Waals surface area contributed by atoms with Gasteiger partial charge in [-0.1, -0.05) is 55.3 Å². The number of benzene rings is 3. The van der Waals surface area contributed by atoms with E-state index >= 15 is 0 Å². The van der Waals surface area contributed by atoms with E-state index < -0.39 is 6.09 Å². The number of halogens is 1. The highest BCUT2D eigenvalue weighted by Gasteiger charge is 2.23. The van der Waals surface area contributed by atoms with E-state index in [1.54, 1.807) is 41.4 Å². The molecule has 10 heteroatoms. The minimum absolute atomic E-state index is 0.0406. The first-order valence-corrected chi connectivity index (χ1v) is 15.4. The van der Waals surface area contributed by atoms with Crippen molar-refractivity contribution in [1.29, 1.82) is 0 Å². The van der Waals surface area contributed by atoms with E-state index in [0.29, 0.717) is 34.4 Å². The van der Waals surface area contributed by atoms with E-state index in [9.17, 15) is 9.59 Å². The van der Waals surface area contributed by atoms with Crippen LogP contribution in [0, 0.1) is 20.8 Å². The highest BCUT2D eigenvalue weighted by Crippen LogP contribution is 2.27. The Kier molecular flexibility index (Phi) is 11.5. The molecule has 1 N–H and O–H groups in total. The Morgan fingerprint density at radius 3 is 2.24 bits per heavy atom. The lowest BCUT2D eigenvalue weighted by Crippen LogP contribution is -2.36. The van der Waals surface area contributed by atoms with Gasteiger partial charge in [0.1, 0.15) is 11.6 Å². The maximum atomic E-state index is 13.7. The molecule has 1 heterocycles. The number of ether oxygens (including phenoxy) is 1. The van der Waals surface area contributed by atoms with E-state index in [2.05, 4.69) is 34.0 Å². The van der Waals surface area contributed by atoms with Crippen LogP contribution in [0.1, 0.15) is 46.5 Å². The van der Waals surface area contributed by atoms with Crippen molar-refractivity contribution >= 4 is 41.1 Å². The number of anilines is 3. The lowest BCUT2D eigenvalue weighted by atomic mass is 10.1. The van der Waals surface area contributed by atoms with Gasteiger partial charge in [-0.15, -0.1) is 0 Å². The Balaban J connectivity index is 1.53. The molecule has 4 rings (SSSR count). The molecule has 0 spiro atoms. The molecule has 0 radical (unpaired) electrons. The molecule has 1 aromatic heterocycles. The Hall–Kier alpha value is -4.47. The van der Waals surface area contributed by atoms with Crippen LogP contribution in [0.5, 0.6) is 5.75 Å². The molecule has 0 bridgehead atoms. The van der Waals surface area contributed by atoms with Gasteiger partial charge >= 0.3 is 6.09 Å². The number of aryl methyl sites for hydroxylation is 3. The number of hydrogen-bond donors (Lipinski definition) is 1. The number of rotatable bonds is 12. The molecular weight excluding hydrogens is 588 g/mol. The molecular formula is C35H41ClN6O3. The van der Waals surface area contributed by atoms with Gasteiger partial charge in [0.25, 0.3) is 5.91 Å². The second-order valence-electron chi connectivity index (χ2n) is 11.0. The molecule has 0 aliphatic carbocycles. The molecule has 0 aliphatic heterocycles. The second-order valence-corrected chi connectivity index (χ2v) is 11.4. The number of carbonyl (C=O) groups is 2. The van der Waals surface area contributed by atoms with Crippen molar-refractivity contribution in [3.05, 3.63) is 106 Å². The van der Waals surface area contributed by atoms with E-state index in [1.165, 1.54) is 4.90 Å². The first-order chi connectivity index (χ1) is 21.6. The number of aromatic nitrogens is 2. The molecule has 0 fully saturated rings. The zero-order chi connectivity index (χ0) is 32.5. The molecule has 0 atom stereocenters. The molecule has 4 aromatic rings. The lowest BCUT2D eigenvalue weighted by molar-refractivity contribution is 0.0779. The Bertz CT molecular complexity index is 1600. The van der Waals surface area contributed by atoms with Gasteiger partial charge in [0, 0.05) is 42.6 Å². The molecule has 0 unspecified atom stereocenters. The normalized spacial score (nSPS) is 10.9. The zero-order valence-corrected chi connectivity index (χ0v) is 27.6. The summed E-state index contributed by atoms with van der Waals surface area (Å²) >= 11 is 6.25. The van der Waals surface area contributed by atoms with E-state index in [1.807, 2.05) is 64.2 Å². The van der Waals surface area contributed by atoms with Crippen LogP contribution in [-0.4, -0.2) is 65.0 Å². The molecule has 0 aliphatic rings. The van der Waals surface area contributed by atoms with Gasteiger partial charge in [0.05, 0.1) is 6.54 Å². The molecule has 45 heavy (non-hydrogen) atoms. The predicted molar refractivity (Wildman–Crippen MR) is 181 cm³/mol. The monoisotopic (exact) mass is 628 g/mol. The van der Waals surface area contributed by atoms with Gasteiger partial charge in [0.15, 0.2) is 0 Å². The van der Waals surface area contributed by atoms with Crippen LogP contribution in [-0.2, 0) is 6.54 Å². The maximum absolute atomic E-state index is 13.7. The van der Waals surface area contributed by atoms with Crippen LogP contribution >= 0.6 is 11.6 Å². The Morgan fingerprint density at radius 1 is 0.911 bits per heavy atom. The minimum Gasteiger partial charge on any atom is -0.409 e. The van der Waals surface area contributed by atoms with Crippen molar-refractivity contribution in [3.8, 4) is 5.75 Å². The average molecular weight is 629 g/mol. The summed E-state index contributed by atoms with van der Waals surface area (Å²) in [6.07, 6.45) is 0.997. The summed E-state index contributed by atoms with van der Waals surface area (Å²) < 4.78 is 5.94. The smallest absolute Gasteiger partial charge is 0.409 e. The van der Waals surface area contributed by atoms with Crippen LogP contribution < -0.4 is 15.0 Å². The number of likely N-dealkylation sites (N-methyl/N-ethyl adjacent to an activating group) is 2. The van der Waals surface area contributed by atoms with E-state index in [0.717, 1.165) is 41.9 Å². The first kappa shape index (κ1) is 33.4. The number of nitrogens with one attached hydrogen (secondary N) is 1. The maximum Gasteiger partial charge on any atom is 0.421 e. The molecule has 0 saturated carbocycles. The zero-order valence-electron chi connectivity index (χ0n) is 26.8. The highest BCUT2D eigenvalue weighted by atomic mass is 35.5. The van der Waals surface area contributed by atoms with Crippen LogP contribution in [0.15, 0.2) is 72.9 Å². The molecule has 0 saturated heterocycles. The van der Waals surface area contributed by atoms with Crippen molar-refractivity contribution in [2.45, 2.75) is 41.2 Å². The number of hydrogen-bond acceptors (Lipinski definition) is 7. The summed E-state index contributed by atoms with van der Waals surface area (Å²) in [6.45, 7) is 13.6. The van der Waals surface area contributed by atoms with Crippen molar-refractivity contribution in [3.63, 3.8) is 0 Å². The fourth-order valence-corrected chi connectivity index (χ4v) is 5.28. The van der Waals surface area contributed by atoms with Crippen molar-refractivity contribution in [2.24, 2.45) is 0 Å². The van der Waals surface area contributed by atoms with Gasteiger partial charge in [-0.2, -0.15) is 4.98 Å². The van der Waals surface area contributed by atoms with Crippen molar-refractivity contribution in [1.82, 2.24) is 19.8 Å². The third-order valence-corrected chi connectivity index (χ3v) is 7.78. The SMILES string of the molecule is CCN(CC)CCN(C)C(=O)c1ccc(Nc2nccc(N(Cc3cccc(Cl)c3)C(=O)Oc3c(C)cc(C)cc3C)n2)cc1. The highest BCUT2D eigenvalue weighted by molar-refractivity contribution is 6.30. The summed E-state index contributed by atoms with van der Waals surface area (Å²) in [5, 5.41) is 3.75. The minimum atomic E-state index is -0.581. The number of amides is 2. The number of nitrogens with zero attached hydrogens (tertiary/aromatic N) is 5. The fraction of sp³-hybridized carbons (Fsp3) is 0.314. The fourth-order valence-electron chi connectivity index (χ4n) is 5.07. The third-order valence-electron chi connectivity index (χ3n) is 7.54. The lowest BCUT2D eigenvalue weighted by Gasteiger charge is -2.23. The average Bonchev–Trinajstić information content (AvgIpc) is 3.02. The van der Waals surface area contributed by atoms with Gasteiger partial charge in [-0.05, 0) is 93.0 Å².